The van der Waals surface area contributed by atoms with E-state index < -0.39 is 34.5 Å². The third-order valence-corrected chi connectivity index (χ3v) is 4.44. The molecule has 2 aromatic heterocycles. The summed E-state index contributed by atoms with van der Waals surface area (Å²) in [7, 11) is 1.73. The summed E-state index contributed by atoms with van der Waals surface area (Å²) < 4.78 is 41.3. The number of nitrogens with one attached hydrogen (secondary N) is 1. The van der Waals surface area contributed by atoms with Crippen LogP contribution in [0.15, 0.2) is 17.2 Å². The van der Waals surface area contributed by atoms with Gasteiger partial charge in [-0.15, -0.1) is 0 Å². The van der Waals surface area contributed by atoms with Gasteiger partial charge in [-0.1, -0.05) is 0 Å². The number of piperidine rings is 1. The molecule has 1 aliphatic heterocycles. The molecule has 0 atom stereocenters. The predicted molar refractivity (Wildman–Crippen MR) is 85.7 cm³/mol. The molecule has 0 bridgehead atoms. The van der Waals surface area contributed by atoms with Gasteiger partial charge in [0.15, 0.2) is 5.82 Å². The molecule has 142 valence electrons. The lowest BCUT2D eigenvalue weighted by atomic mass is 9.95. The SMILES string of the molecule is Cn1cnc(C2CCN(C(=O)c3cc(C#N)c(=O)[nH]c3C(F)(F)F)CC2)n1. The van der Waals surface area contributed by atoms with Crippen LogP contribution in [0.5, 0.6) is 0 Å². The van der Waals surface area contributed by atoms with Gasteiger partial charge in [-0.2, -0.15) is 23.5 Å². The molecule has 0 spiro atoms. The van der Waals surface area contributed by atoms with E-state index in [1.165, 1.54) is 11.0 Å². The molecule has 3 heterocycles. The minimum absolute atomic E-state index is 0.0163. The number of nitriles is 1. The second-order valence-electron chi connectivity index (χ2n) is 6.25. The highest BCUT2D eigenvalue weighted by Crippen LogP contribution is 2.32. The molecule has 1 aliphatic rings. The largest absolute Gasteiger partial charge is 0.432 e. The summed E-state index contributed by atoms with van der Waals surface area (Å²) in [5.74, 6) is -0.221. The van der Waals surface area contributed by atoms with Crippen LogP contribution in [0.1, 0.15) is 46.2 Å². The van der Waals surface area contributed by atoms with Crippen LogP contribution in [0.2, 0.25) is 0 Å². The normalized spacial score (nSPS) is 15.6. The number of alkyl halides is 3. The number of nitrogens with zero attached hydrogens (tertiary/aromatic N) is 5. The molecule has 1 saturated heterocycles. The van der Waals surface area contributed by atoms with Crippen molar-refractivity contribution in [2.75, 3.05) is 13.1 Å². The molecule has 27 heavy (non-hydrogen) atoms. The molecule has 1 amide bonds. The predicted octanol–water partition coefficient (Wildman–Crippen LogP) is 1.41. The fourth-order valence-corrected chi connectivity index (χ4v) is 3.06. The molecule has 3 rings (SSSR count). The Morgan fingerprint density at radius 1 is 1.37 bits per heavy atom. The lowest BCUT2D eigenvalue weighted by molar-refractivity contribution is -0.141. The Morgan fingerprint density at radius 3 is 2.56 bits per heavy atom. The monoisotopic (exact) mass is 380 g/mol. The molecule has 1 fully saturated rings. The average Bonchev–Trinajstić information content (AvgIpc) is 3.06. The fourth-order valence-electron chi connectivity index (χ4n) is 3.06. The van der Waals surface area contributed by atoms with E-state index in [2.05, 4.69) is 10.1 Å². The van der Waals surface area contributed by atoms with Gasteiger partial charge in [0.05, 0.1) is 5.56 Å². The number of hydrogen-bond acceptors (Lipinski definition) is 5. The average molecular weight is 380 g/mol. The van der Waals surface area contributed by atoms with Crippen LogP contribution in [0, 0.1) is 11.3 Å². The van der Waals surface area contributed by atoms with Gasteiger partial charge in [0.1, 0.15) is 23.7 Å². The first kappa shape index (κ1) is 18.6. The summed E-state index contributed by atoms with van der Waals surface area (Å²) in [5.41, 5.74) is -3.89. The Labute approximate surface area is 151 Å². The number of aryl methyl sites for hydroxylation is 1. The number of aromatic amines is 1. The van der Waals surface area contributed by atoms with E-state index in [9.17, 15) is 22.8 Å². The van der Waals surface area contributed by atoms with Gasteiger partial charge in [0.25, 0.3) is 11.5 Å². The molecule has 8 nitrogen and oxygen atoms in total. The Kier molecular flexibility index (Phi) is 4.73. The van der Waals surface area contributed by atoms with Crippen LogP contribution in [-0.2, 0) is 13.2 Å². The number of pyridine rings is 1. The van der Waals surface area contributed by atoms with Crippen molar-refractivity contribution in [2.24, 2.45) is 7.05 Å². The molecule has 0 aromatic carbocycles. The van der Waals surface area contributed by atoms with Crippen molar-refractivity contribution in [3.8, 4) is 6.07 Å². The van der Waals surface area contributed by atoms with E-state index >= 15 is 0 Å². The lowest BCUT2D eigenvalue weighted by Gasteiger charge is -2.31. The molecule has 0 radical (unpaired) electrons. The number of carbonyl (C=O) groups excluding carboxylic acids is 1. The molecule has 0 aliphatic carbocycles. The Balaban J connectivity index is 1.84. The minimum Gasteiger partial charge on any atom is -0.339 e. The maximum atomic E-state index is 13.2. The van der Waals surface area contributed by atoms with Gasteiger partial charge in [0, 0.05) is 26.1 Å². The topological polar surface area (TPSA) is 108 Å². The van der Waals surface area contributed by atoms with Crippen molar-refractivity contribution in [3.05, 3.63) is 45.4 Å². The van der Waals surface area contributed by atoms with Gasteiger partial charge in [-0.3, -0.25) is 14.3 Å². The van der Waals surface area contributed by atoms with E-state index in [1.807, 2.05) is 0 Å². The number of carbonyl (C=O) groups is 1. The second-order valence-corrected chi connectivity index (χ2v) is 6.25. The molecule has 2 aromatic rings. The van der Waals surface area contributed by atoms with E-state index in [0.29, 0.717) is 24.7 Å². The van der Waals surface area contributed by atoms with Crippen LogP contribution in [0.4, 0.5) is 13.2 Å². The zero-order chi connectivity index (χ0) is 19.8. The zero-order valence-electron chi connectivity index (χ0n) is 14.2. The molecule has 11 heteroatoms. The summed E-state index contributed by atoms with van der Waals surface area (Å²) in [4.78, 5) is 31.3. The summed E-state index contributed by atoms with van der Waals surface area (Å²) in [5, 5.41) is 13.1. The van der Waals surface area contributed by atoms with Crippen molar-refractivity contribution < 1.29 is 18.0 Å². The highest BCUT2D eigenvalue weighted by molar-refractivity contribution is 5.95. The minimum atomic E-state index is -4.92. The van der Waals surface area contributed by atoms with Gasteiger partial charge in [-0.05, 0) is 18.9 Å². The molecular formula is C16H15F3N6O2. The number of likely N-dealkylation sites (tertiary alicyclic amines) is 1. The van der Waals surface area contributed by atoms with Gasteiger partial charge < -0.3 is 9.88 Å². The summed E-state index contributed by atoms with van der Waals surface area (Å²) in [6.45, 7) is 0.445. The summed E-state index contributed by atoms with van der Waals surface area (Å²) in [6, 6.07) is 2.21. The Morgan fingerprint density at radius 2 is 2.04 bits per heavy atom. The summed E-state index contributed by atoms with van der Waals surface area (Å²) >= 11 is 0. The molecular weight excluding hydrogens is 365 g/mol. The van der Waals surface area contributed by atoms with Gasteiger partial charge in [0.2, 0.25) is 0 Å². The first-order valence-corrected chi connectivity index (χ1v) is 8.10. The number of amides is 1. The van der Waals surface area contributed by atoms with E-state index in [4.69, 9.17) is 5.26 Å². The quantitative estimate of drug-likeness (QED) is 0.848. The standard InChI is InChI=1S/C16H15F3N6O2/c1-24-8-21-13(23-24)9-2-4-25(5-3-9)15(27)11-6-10(7-20)14(26)22-12(11)16(17,18)19/h6,8-9H,2-5H2,1H3,(H,22,26). The van der Waals surface area contributed by atoms with Crippen LogP contribution in [0.25, 0.3) is 0 Å². The van der Waals surface area contributed by atoms with E-state index in [0.717, 1.165) is 0 Å². The van der Waals surface area contributed by atoms with Crippen molar-refractivity contribution in [1.82, 2.24) is 24.6 Å². The first-order valence-electron chi connectivity index (χ1n) is 8.10. The third kappa shape index (κ3) is 3.69. The van der Waals surface area contributed by atoms with Crippen LogP contribution in [-0.4, -0.2) is 43.6 Å². The van der Waals surface area contributed by atoms with E-state index in [-0.39, 0.29) is 19.0 Å². The number of halogens is 3. The lowest BCUT2D eigenvalue weighted by Crippen LogP contribution is -2.39. The molecule has 1 N–H and O–H groups in total. The maximum absolute atomic E-state index is 13.2. The van der Waals surface area contributed by atoms with Crippen molar-refractivity contribution in [3.63, 3.8) is 0 Å². The number of rotatable bonds is 2. The van der Waals surface area contributed by atoms with E-state index in [1.54, 1.807) is 23.0 Å². The Hall–Kier alpha value is -3.16. The van der Waals surface area contributed by atoms with Crippen LogP contribution < -0.4 is 5.56 Å². The maximum Gasteiger partial charge on any atom is 0.432 e. The second kappa shape index (κ2) is 6.86. The molecule has 0 saturated carbocycles. The third-order valence-electron chi connectivity index (χ3n) is 4.44. The zero-order valence-corrected chi connectivity index (χ0v) is 14.2. The first-order chi connectivity index (χ1) is 12.7. The van der Waals surface area contributed by atoms with Gasteiger partial charge >= 0.3 is 6.18 Å². The van der Waals surface area contributed by atoms with Gasteiger partial charge in [-0.25, -0.2) is 4.98 Å². The van der Waals surface area contributed by atoms with Crippen LogP contribution in [0.3, 0.4) is 0 Å². The van der Waals surface area contributed by atoms with Crippen molar-refractivity contribution in [2.45, 2.75) is 24.9 Å². The van der Waals surface area contributed by atoms with Crippen LogP contribution >= 0.6 is 0 Å². The highest BCUT2D eigenvalue weighted by Gasteiger charge is 2.39. The smallest absolute Gasteiger partial charge is 0.339 e. The van der Waals surface area contributed by atoms with Crippen molar-refractivity contribution in [1.29, 1.82) is 5.26 Å². The fraction of sp³-hybridized carbons (Fsp3) is 0.438. The summed E-state index contributed by atoms with van der Waals surface area (Å²) in [6.07, 6.45) is -2.35. The van der Waals surface area contributed by atoms with Crippen molar-refractivity contribution >= 4 is 5.91 Å². The highest BCUT2D eigenvalue weighted by atomic mass is 19.4. The molecule has 0 unspecified atom stereocenters. The number of H-pyrrole nitrogens is 1. The number of aromatic nitrogens is 4. The number of hydrogen-bond donors (Lipinski definition) is 1. The Bertz CT molecular complexity index is 964.